The van der Waals surface area contributed by atoms with Crippen LogP contribution in [0.4, 0.5) is 0 Å². The maximum atomic E-state index is 11.5. The van der Waals surface area contributed by atoms with E-state index in [0.29, 0.717) is 0 Å². The van der Waals surface area contributed by atoms with Crippen LogP contribution >= 0.6 is 0 Å². The summed E-state index contributed by atoms with van der Waals surface area (Å²) in [5.41, 5.74) is 1.42. The van der Waals surface area contributed by atoms with Crippen LogP contribution in [0.1, 0.15) is 22.3 Å². The minimum absolute atomic E-state index is 0. The Bertz CT molecular complexity index is 1820. The molecule has 0 aliphatic rings. The molecule has 0 bridgehead atoms. The summed E-state index contributed by atoms with van der Waals surface area (Å²) in [5.74, 6) is 0. The summed E-state index contributed by atoms with van der Waals surface area (Å²) in [6.45, 7) is 0. The van der Waals surface area contributed by atoms with Crippen molar-refractivity contribution >= 4 is 51.6 Å². The van der Waals surface area contributed by atoms with Crippen molar-refractivity contribution in [3.8, 4) is 0 Å². The number of hydrogen-bond donors (Lipinski definition) is 0. The van der Waals surface area contributed by atoms with Gasteiger partial charge in [-0.3, -0.25) is 0 Å². The number of rotatable bonds is 8. The molecule has 12 nitrogen and oxygen atoms in total. The zero-order chi connectivity index (χ0) is 31.1. The van der Waals surface area contributed by atoms with E-state index < -0.39 is 60.1 Å². The predicted molar refractivity (Wildman–Crippen MR) is 143 cm³/mol. The summed E-state index contributed by atoms with van der Waals surface area (Å²) in [7, 11) is -19.3. The quantitative estimate of drug-likeness (QED) is 0.0932. The summed E-state index contributed by atoms with van der Waals surface area (Å²) in [6.07, 6.45) is 0. The minimum Gasteiger partial charge on any atom is -0.744 e. The van der Waals surface area contributed by atoms with Crippen LogP contribution in [0.3, 0.4) is 0 Å². The third kappa shape index (κ3) is 11.7. The van der Waals surface area contributed by atoms with Crippen molar-refractivity contribution in [3.63, 3.8) is 0 Å². The summed E-state index contributed by atoms with van der Waals surface area (Å²) >= 11 is 0. The molecule has 0 aromatic heterocycles. The molecule has 20 heteroatoms. The standard InChI is InChI=1S/C26H20O12S4.4Na/c27-39(28,29)21-9-1-17(2-10-21)25(18-3-11-22(12-4-18)40(30,31)32)26(19-5-13-23(14-6-19)41(33,34)35)20-7-15-24(16-8-20)42(36,37)38;;;;/h1-16H,(H,27,28,29)(H,30,31,32)(H,33,34,35)(H,36,37,38);;;;/q;4*+1/p-4. The van der Waals surface area contributed by atoms with Crippen molar-refractivity contribution in [1.82, 2.24) is 0 Å². The van der Waals surface area contributed by atoms with Crippen molar-refractivity contribution in [1.29, 1.82) is 0 Å². The fourth-order valence-electron chi connectivity index (χ4n) is 4.06. The molecule has 0 aliphatic carbocycles. The first-order valence-corrected chi connectivity index (χ1v) is 17.0. The molecule has 0 fully saturated rings. The second-order valence-corrected chi connectivity index (χ2v) is 14.2. The van der Waals surface area contributed by atoms with Crippen molar-refractivity contribution in [2.75, 3.05) is 0 Å². The fourth-order valence-corrected chi connectivity index (χ4v) is 5.94. The summed E-state index contributed by atoms with van der Waals surface area (Å²) in [6, 6.07) is 18.3. The van der Waals surface area contributed by atoms with Gasteiger partial charge in [-0.1, -0.05) is 48.5 Å². The van der Waals surface area contributed by atoms with Gasteiger partial charge in [-0.25, -0.2) is 33.7 Å². The summed E-state index contributed by atoms with van der Waals surface area (Å²) in [5, 5.41) is 0. The van der Waals surface area contributed by atoms with Gasteiger partial charge in [0.15, 0.2) is 0 Å². The minimum atomic E-state index is -4.83. The first-order valence-electron chi connectivity index (χ1n) is 11.4. The van der Waals surface area contributed by atoms with Crippen LogP contribution in [0.5, 0.6) is 0 Å². The van der Waals surface area contributed by atoms with Crippen LogP contribution < -0.4 is 118 Å². The first-order chi connectivity index (χ1) is 19.4. The molecule has 46 heavy (non-hydrogen) atoms. The maximum Gasteiger partial charge on any atom is 1.00 e. The molecule has 4 rings (SSSR count). The van der Waals surface area contributed by atoms with E-state index in [9.17, 15) is 51.9 Å². The third-order valence-corrected chi connectivity index (χ3v) is 9.37. The topological polar surface area (TPSA) is 229 Å². The fraction of sp³-hybridized carbons (Fsp3) is 0. The van der Waals surface area contributed by atoms with Crippen LogP contribution in [0.2, 0.25) is 0 Å². The maximum absolute atomic E-state index is 11.5. The Labute approximate surface area is 355 Å². The Morgan fingerprint density at radius 2 is 0.435 bits per heavy atom. The third-order valence-electron chi connectivity index (χ3n) is 5.98. The molecule has 0 saturated heterocycles. The summed E-state index contributed by atoms with van der Waals surface area (Å²) in [4.78, 5) is -2.24. The molecule has 0 atom stereocenters. The molecule has 0 heterocycles. The largest absolute Gasteiger partial charge is 1.00 e. The molecule has 4 aromatic carbocycles. The van der Waals surface area contributed by atoms with Gasteiger partial charge >= 0.3 is 118 Å². The van der Waals surface area contributed by atoms with Gasteiger partial charge in [0.1, 0.15) is 40.5 Å². The van der Waals surface area contributed by atoms with Gasteiger partial charge in [0.2, 0.25) is 0 Å². The molecule has 0 aliphatic heterocycles. The average Bonchev–Trinajstić information content (AvgIpc) is 2.90. The van der Waals surface area contributed by atoms with Crippen LogP contribution in [-0.2, 0) is 40.5 Å². The first kappa shape index (κ1) is 46.3. The average molecular weight is 741 g/mol. The van der Waals surface area contributed by atoms with Crippen molar-refractivity contribution in [2.45, 2.75) is 19.6 Å². The Kier molecular flexibility index (Phi) is 18.1. The van der Waals surface area contributed by atoms with Crippen molar-refractivity contribution in [2.24, 2.45) is 0 Å². The van der Waals surface area contributed by atoms with Gasteiger partial charge in [-0.05, 0) is 81.9 Å². The number of hydrogen-bond acceptors (Lipinski definition) is 12. The molecule has 0 unspecified atom stereocenters. The van der Waals surface area contributed by atoms with E-state index in [2.05, 4.69) is 0 Å². The van der Waals surface area contributed by atoms with Gasteiger partial charge in [0.25, 0.3) is 0 Å². The zero-order valence-electron chi connectivity index (χ0n) is 24.8. The zero-order valence-corrected chi connectivity index (χ0v) is 36.0. The second kappa shape index (κ2) is 18.0. The molecular formula is C26H16Na4O12S4. The van der Waals surface area contributed by atoms with Gasteiger partial charge in [0, 0.05) is 0 Å². The molecule has 0 radical (unpaired) electrons. The Hall–Kier alpha value is 0.260. The molecule has 0 N–H and O–H groups in total. The molecule has 0 spiro atoms. The van der Waals surface area contributed by atoms with E-state index in [0.717, 1.165) is 48.5 Å². The molecule has 0 saturated carbocycles. The SMILES string of the molecule is O=S(=O)([O-])c1ccc(C(=C(c2ccc(S(=O)(=O)[O-])cc2)c2ccc(S(=O)(=O)[O-])cc2)c2ccc(S(=O)(=O)[O-])cc2)cc1.[Na+].[Na+].[Na+].[Na+]. The van der Waals surface area contributed by atoms with Crippen LogP contribution in [0.25, 0.3) is 11.1 Å². The van der Waals surface area contributed by atoms with E-state index in [4.69, 9.17) is 0 Å². The van der Waals surface area contributed by atoms with Crippen molar-refractivity contribution in [3.05, 3.63) is 119 Å². The Morgan fingerprint density at radius 3 is 0.543 bits per heavy atom. The molecule has 0 amide bonds. The van der Waals surface area contributed by atoms with Crippen LogP contribution in [0.15, 0.2) is 117 Å². The summed E-state index contributed by atoms with van der Waals surface area (Å²) < 4.78 is 138. The molecular weight excluding hydrogens is 725 g/mol. The molecule has 4 aromatic rings. The van der Waals surface area contributed by atoms with Crippen molar-refractivity contribution < 1.29 is 170 Å². The Morgan fingerprint density at radius 1 is 0.304 bits per heavy atom. The van der Waals surface area contributed by atoms with Gasteiger partial charge < -0.3 is 18.2 Å². The van der Waals surface area contributed by atoms with E-state index in [-0.39, 0.29) is 152 Å². The molecule has 220 valence electrons. The Balaban J connectivity index is 0.00000506. The second-order valence-electron chi connectivity index (χ2n) is 8.66. The van der Waals surface area contributed by atoms with E-state index in [1.807, 2.05) is 0 Å². The monoisotopic (exact) mass is 740 g/mol. The smallest absolute Gasteiger partial charge is 0.744 e. The van der Waals surface area contributed by atoms with E-state index >= 15 is 0 Å². The normalized spacial score (nSPS) is 11.5. The van der Waals surface area contributed by atoms with Crippen LogP contribution in [-0.4, -0.2) is 51.9 Å². The van der Waals surface area contributed by atoms with Gasteiger partial charge in [-0.2, -0.15) is 0 Å². The van der Waals surface area contributed by atoms with Crippen LogP contribution in [0, 0.1) is 0 Å². The number of benzene rings is 4. The van der Waals surface area contributed by atoms with E-state index in [1.165, 1.54) is 48.5 Å². The predicted octanol–water partition coefficient (Wildman–Crippen LogP) is -9.67. The van der Waals surface area contributed by atoms with E-state index in [1.54, 1.807) is 0 Å². The van der Waals surface area contributed by atoms with Gasteiger partial charge in [0.05, 0.1) is 19.6 Å². The van der Waals surface area contributed by atoms with Gasteiger partial charge in [-0.15, -0.1) is 0 Å².